The maximum Gasteiger partial charge on any atom is 0.871 e. The van der Waals surface area contributed by atoms with Crippen molar-refractivity contribution in [2.75, 3.05) is 0 Å². The third-order valence-corrected chi connectivity index (χ3v) is 1.72. The lowest BCUT2D eigenvalue weighted by molar-refractivity contribution is -0.160. The van der Waals surface area contributed by atoms with Gasteiger partial charge in [0.1, 0.15) is 0 Å². The number of rotatable bonds is 2. The highest BCUT2D eigenvalue weighted by Gasteiger charge is 2.51. The molecular weight excluding hydrogens is 286 g/mol. The quantitative estimate of drug-likeness (QED) is 0.361. The second-order valence-electron chi connectivity index (χ2n) is 3.01. The van der Waals surface area contributed by atoms with Crippen LogP contribution < -0.4 is 0 Å². The first-order valence-corrected chi connectivity index (χ1v) is 4.61. The molecule has 0 aromatic rings. The van der Waals surface area contributed by atoms with Crippen molar-refractivity contribution in [1.29, 1.82) is 0 Å². The average Bonchev–Trinajstić information content (AvgIpc) is 2.83. The molecule has 0 aromatic heterocycles. The summed E-state index contributed by atoms with van der Waals surface area (Å²) in [6.07, 6.45) is 0. The SMILES string of the molecule is O=C1OB(OC(=O)C(=O)OB2OC(=O)C(=O)O2)OC1=O. The van der Waals surface area contributed by atoms with Crippen LogP contribution in [0.2, 0.25) is 0 Å². The second kappa shape index (κ2) is 4.91. The van der Waals surface area contributed by atoms with Gasteiger partial charge in [-0.15, -0.1) is 0 Å². The second-order valence-corrected chi connectivity index (χ2v) is 3.01. The summed E-state index contributed by atoms with van der Waals surface area (Å²) in [6.45, 7) is 0. The van der Waals surface area contributed by atoms with E-state index in [0.29, 0.717) is 0 Å². The van der Waals surface area contributed by atoms with Crippen LogP contribution in [0.5, 0.6) is 0 Å². The Labute approximate surface area is 108 Å². The molecular formula is C6B2O12. The van der Waals surface area contributed by atoms with Crippen LogP contribution >= 0.6 is 0 Å². The summed E-state index contributed by atoms with van der Waals surface area (Å²) in [4.78, 5) is 64.5. The Hall–Kier alpha value is -3.05. The van der Waals surface area contributed by atoms with E-state index in [0.717, 1.165) is 0 Å². The summed E-state index contributed by atoms with van der Waals surface area (Å²) in [5.74, 6) is -9.19. The van der Waals surface area contributed by atoms with Crippen LogP contribution in [0.15, 0.2) is 0 Å². The standard InChI is InChI=1S/C6B2O12/c9-1-2(10)16-7(15-1)19-5(13)6(14)20-8-17-3(11)4(12)18-8. The van der Waals surface area contributed by atoms with Crippen molar-refractivity contribution < 1.29 is 56.7 Å². The highest BCUT2D eigenvalue weighted by molar-refractivity contribution is 6.61. The van der Waals surface area contributed by atoms with Crippen LogP contribution in [-0.2, 0) is 56.7 Å². The van der Waals surface area contributed by atoms with Gasteiger partial charge in [-0.1, -0.05) is 0 Å². The maximum absolute atomic E-state index is 11.1. The molecule has 102 valence electrons. The molecule has 0 atom stereocenters. The molecule has 12 nitrogen and oxygen atoms in total. The third-order valence-electron chi connectivity index (χ3n) is 1.72. The Morgan fingerprint density at radius 3 is 1.15 bits per heavy atom. The number of hydrogen-bond donors (Lipinski definition) is 0. The molecule has 2 saturated heterocycles. The van der Waals surface area contributed by atoms with Gasteiger partial charge in [0.05, 0.1) is 0 Å². The van der Waals surface area contributed by atoms with Crippen LogP contribution in [0.3, 0.4) is 0 Å². The number of hydrogen-bond acceptors (Lipinski definition) is 12. The molecule has 0 spiro atoms. The molecule has 0 saturated carbocycles. The molecule has 2 fully saturated rings. The van der Waals surface area contributed by atoms with E-state index in [4.69, 9.17) is 0 Å². The summed E-state index contributed by atoms with van der Waals surface area (Å²) >= 11 is 0. The van der Waals surface area contributed by atoms with Crippen molar-refractivity contribution in [2.24, 2.45) is 0 Å². The summed E-state index contributed by atoms with van der Waals surface area (Å²) in [5.41, 5.74) is 0. The van der Waals surface area contributed by atoms with Crippen LogP contribution in [0.25, 0.3) is 0 Å². The third kappa shape index (κ3) is 2.68. The lowest BCUT2D eigenvalue weighted by Crippen LogP contribution is -2.34. The molecule has 0 unspecified atom stereocenters. The molecule has 0 aromatic carbocycles. The van der Waals surface area contributed by atoms with Gasteiger partial charge < -0.3 is 27.9 Å². The molecule has 14 heteroatoms. The Morgan fingerprint density at radius 2 is 0.900 bits per heavy atom. The zero-order valence-electron chi connectivity index (χ0n) is 9.05. The molecule has 0 amide bonds. The van der Waals surface area contributed by atoms with E-state index in [1.54, 1.807) is 0 Å². The van der Waals surface area contributed by atoms with E-state index in [1.165, 1.54) is 0 Å². The first kappa shape index (κ1) is 13.4. The maximum atomic E-state index is 11.1. The van der Waals surface area contributed by atoms with Crippen LogP contribution in [-0.4, -0.2) is 50.5 Å². The molecule has 20 heavy (non-hydrogen) atoms. The van der Waals surface area contributed by atoms with Gasteiger partial charge >= 0.3 is 50.5 Å². The van der Waals surface area contributed by atoms with E-state index < -0.39 is 50.5 Å². The van der Waals surface area contributed by atoms with Gasteiger partial charge in [-0.05, 0) is 0 Å². The predicted molar refractivity (Wildman–Crippen MR) is 48.1 cm³/mol. The summed E-state index contributed by atoms with van der Waals surface area (Å²) in [7, 11) is -4.08. The smallest absolute Gasteiger partial charge is 0.453 e. The number of carbonyl (C=O) groups excluding carboxylic acids is 6. The minimum atomic E-state index is -2.04. The van der Waals surface area contributed by atoms with Gasteiger partial charge in [-0.2, -0.15) is 0 Å². The summed E-state index contributed by atoms with van der Waals surface area (Å²) in [6, 6.07) is 0. The van der Waals surface area contributed by atoms with Gasteiger partial charge in [0.15, 0.2) is 0 Å². The van der Waals surface area contributed by atoms with Crippen LogP contribution in [0, 0.1) is 0 Å². The lowest BCUT2D eigenvalue weighted by atomic mass is 10.2. The number of carbonyl (C=O) groups is 6. The van der Waals surface area contributed by atoms with Gasteiger partial charge in [0.2, 0.25) is 0 Å². The molecule has 2 rings (SSSR count). The van der Waals surface area contributed by atoms with Gasteiger partial charge in [-0.25, -0.2) is 28.8 Å². The molecule has 2 aliphatic rings. The topological polar surface area (TPSA) is 158 Å². The fourth-order valence-corrected chi connectivity index (χ4v) is 0.957. The van der Waals surface area contributed by atoms with Crippen molar-refractivity contribution in [3.05, 3.63) is 0 Å². The first-order valence-electron chi connectivity index (χ1n) is 4.61. The normalized spacial score (nSPS) is 17.2. The molecule has 0 N–H and O–H groups in total. The highest BCUT2D eigenvalue weighted by atomic mass is 16.8. The molecule has 2 aliphatic heterocycles. The van der Waals surface area contributed by atoms with E-state index in [9.17, 15) is 28.8 Å². The molecule has 0 radical (unpaired) electrons. The minimum Gasteiger partial charge on any atom is -0.453 e. The summed E-state index contributed by atoms with van der Waals surface area (Å²) < 4.78 is 24.5. The van der Waals surface area contributed by atoms with E-state index >= 15 is 0 Å². The van der Waals surface area contributed by atoms with E-state index in [2.05, 4.69) is 27.9 Å². The van der Waals surface area contributed by atoms with Crippen LogP contribution in [0.1, 0.15) is 0 Å². The van der Waals surface area contributed by atoms with Crippen LogP contribution in [0.4, 0.5) is 0 Å². The zero-order chi connectivity index (χ0) is 14.9. The Morgan fingerprint density at radius 1 is 0.650 bits per heavy atom. The highest BCUT2D eigenvalue weighted by Crippen LogP contribution is 2.07. The minimum absolute atomic E-state index is 1.42. The van der Waals surface area contributed by atoms with Crippen molar-refractivity contribution in [3.8, 4) is 0 Å². The fraction of sp³-hybridized carbons (Fsp3) is 0. The molecule has 2 heterocycles. The lowest BCUT2D eigenvalue weighted by Gasteiger charge is -2.05. The zero-order valence-corrected chi connectivity index (χ0v) is 9.05. The molecule has 0 aliphatic carbocycles. The fourth-order valence-electron chi connectivity index (χ4n) is 0.957. The average molecular weight is 286 g/mol. The van der Waals surface area contributed by atoms with Gasteiger partial charge in [0, 0.05) is 0 Å². The van der Waals surface area contributed by atoms with Crippen molar-refractivity contribution in [3.63, 3.8) is 0 Å². The summed E-state index contributed by atoms with van der Waals surface area (Å²) in [5, 5.41) is 0. The Kier molecular flexibility index (Phi) is 3.28. The monoisotopic (exact) mass is 286 g/mol. The first-order chi connectivity index (χ1) is 9.36. The van der Waals surface area contributed by atoms with Gasteiger partial charge in [-0.3, -0.25) is 0 Å². The Balaban J connectivity index is 1.82. The van der Waals surface area contributed by atoms with Crippen molar-refractivity contribution in [1.82, 2.24) is 0 Å². The Bertz CT molecular complexity index is 458. The predicted octanol–water partition coefficient (Wildman–Crippen LogP) is -3.76. The van der Waals surface area contributed by atoms with E-state index in [-0.39, 0.29) is 0 Å². The van der Waals surface area contributed by atoms with Gasteiger partial charge in [0.25, 0.3) is 0 Å². The van der Waals surface area contributed by atoms with Crippen molar-refractivity contribution >= 4 is 50.5 Å². The van der Waals surface area contributed by atoms with Crippen molar-refractivity contribution in [2.45, 2.75) is 0 Å². The molecule has 0 bridgehead atoms. The largest absolute Gasteiger partial charge is 0.871 e. The van der Waals surface area contributed by atoms with E-state index in [1.807, 2.05) is 0 Å².